The molecule has 0 saturated heterocycles. The van der Waals surface area contributed by atoms with Crippen molar-refractivity contribution in [3.05, 3.63) is 28.2 Å². The van der Waals surface area contributed by atoms with Gasteiger partial charge in [0, 0.05) is 0 Å². The summed E-state index contributed by atoms with van der Waals surface area (Å²) >= 11 is 0. The average Bonchev–Trinajstić information content (AvgIpc) is 2.18. The van der Waals surface area contributed by atoms with E-state index in [9.17, 15) is 10.1 Å². The molecule has 0 fully saturated rings. The molecule has 80 valence electrons. The molecule has 1 heterocycles. The average molecular weight is 209 g/mol. The maximum atomic E-state index is 10.8. The van der Waals surface area contributed by atoms with Crippen molar-refractivity contribution in [3.63, 3.8) is 0 Å². The van der Waals surface area contributed by atoms with E-state index >= 15 is 0 Å². The van der Waals surface area contributed by atoms with E-state index in [1.165, 1.54) is 6.33 Å². The zero-order chi connectivity index (χ0) is 11.3. The van der Waals surface area contributed by atoms with Crippen LogP contribution in [0.3, 0.4) is 0 Å². The Bertz CT molecular complexity index is 390. The summed E-state index contributed by atoms with van der Waals surface area (Å²) in [6.07, 6.45) is 4.46. The highest BCUT2D eigenvalue weighted by molar-refractivity contribution is 5.60. The Kier molecular flexibility index (Phi) is 3.73. The minimum Gasteiger partial charge on any atom is -0.473 e. The minimum atomic E-state index is -0.541. The highest BCUT2D eigenvalue weighted by Gasteiger charge is 2.21. The van der Waals surface area contributed by atoms with Crippen molar-refractivity contribution in [2.24, 2.45) is 0 Å². The Hall–Kier alpha value is -1.98. The Morgan fingerprint density at radius 3 is 2.87 bits per heavy atom. The van der Waals surface area contributed by atoms with E-state index in [1.54, 1.807) is 26.0 Å². The molecule has 0 unspecified atom stereocenters. The second kappa shape index (κ2) is 5.04. The van der Waals surface area contributed by atoms with Gasteiger partial charge in [-0.15, -0.1) is 0 Å². The second-order valence-electron chi connectivity index (χ2n) is 2.60. The molecule has 0 spiro atoms. The van der Waals surface area contributed by atoms with E-state index in [2.05, 4.69) is 9.97 Å². The van der Waals surface area contributed by atoms with Gasteiger partial charge in [-0.3, -0.25) is 10.1 Å². The summed E-state index contributed by atoms with van der Waals surface area (Å²) in [6, 6.07) is 0. The first-order valence-electron chi connectivity index (χ1n) is 4.45. The molecule has 0 bridgehead atoms. The van der Waals surface area contributed by atoms with E-state index in [4.69, 9.17) is 4.74 Å². The quantitative estimate of drug-likeness (QED) is 0.558. The number of hydrogen-bond donors (Lipinski definition) is 0. The van der Waals surface area contributed by atoms with Crippen molar-refractivity contribution in [1.82, 2.24) is 9.97 Å². The van der Waals surface area contributed by atoms with Crippen molar-refractivity contribution >= 4 is 11.8 Å². The van der Waals surface area contributed by atoms with Crippen LogP contribution in [0.1, 0.15) is 19.5 Å². The molecule has 0 amide bonds. The molecule has 0 aliphatic rings. The van der Waals surface area contributed by atoms with E-state index in [0.29, 0.717) is 6.61 Å². The summed E-state index contributed by atoms with van der Waals surface area (Å²) in [4.78, 5) is 17.8. The highest BCUT2D eigenvalue weighted by atomic mass is 16.6. The molecule has 0 radical (unpaired) electrons. The smallest absolute Gasteiger partial charge is 0.356 e. The van der Waals surface area contributed by atoms with Crippen LogP contribution in [0.15, 0.2) is 12.4 Å². The van der Waals surface area contributed by atoms with Crippen LogP contribution in [0.2, 0.25) is 0 Å². The van der Waals surface area contributed by atoms with Crippen molar-refractivity contribution in [3.8, 4) is 5.88 Å². The van der Waals surface area contributed by atoms with Gasteiger partial charge >= 0.3 is 5.69 Å². The number of rotatable bonds is 4. The number of nitrogens with zero attached hydrogens (tertiary/aromatic N) is 3. The monoisotopic (exact) mass is 209 g/mol. The van der Waals surface area contributed by atoms with Gasteiger partial charge in [-0.25, -0.2) is 4.98 Å². The van der Waals surface area contributed by atoms with Crippen LogP contribution in [0.4, 0.5) is 5.69 Å². The molecule has 1 aromatic rings. The largest absolute Gasteiger partial charge is 0.473 e. The molecule has 0 aliphatic heterocycles. The van der Waals surface area contributed by atoms with E-state index in [1.807, 2.05) is 0 Å². The summed E-state index contributed by atoms with van der Waals surface area (Å²) in [5, 5.41) is 10.8. The predicted octanol–water partition coefficient (Wildman–Crippen LogP) is 1.82. The molecule has 1 aromatic heterocycles. The van der Waals surface area contributed by atoms with E-state index < -0.39 is 4.92 Å². The molecular weight excluding hydrogens is 198 g/mol. The van der Waals surface area contributed by atoms with E-state index in [-0.39, 0.29) is 17.3 Å². The van der Waals surface area contributed by atoms with Crippen LogP contribution in [-0.4, -0.2) is 21.5 Å². The van der Waals surface area contributed by atoms with Crippen LogP contribution < -0.4 is 4.74 Å². The summed E-state index contributed by atoms with van der Waals surface area (Å²) in [6.45, 7) is 3.82. The Balaban J connectivity index is 3.27. The van der Waals surface area contributed by atoms with Crippen molar-refractivity contribution in [2.45, 2.75) is 13.8 Å². The van der Waals surface area contributed by atoms with Gasteiger partial charge < -0.3 is 4.74 Å². The van der Waals surface area contributed by atoms with Crippen LogP contribution in [-0.2, 0) is 0 Å². The SMILES string of the molecule is C/C=C/c1ncnc(OCC)c1[N+](=O)[O-]. The number of aromatic nitrogens is 2. The lowest BCUT2D eigenvalue weighted by Crippen LogP contribution is -2.03. The predicted molar refractivity (Wildman–Crippen MR) is 54.6 cm³/mol. The second-order valence-corrected chi connectivity index (χ2v) is 2.60. The maximum Gasteiger partial charge on any atom is 0.356 e. The molecule has 0 saturated carbocycles. The summed E-state index contributed by atoms with van der Waals surface area (Å²) in [7, 11) is 0. The lowest BCUT2D eigenvalue weighted by atomic mass is 10.3. The zero-order valence-corrected chi connectivity index (χ0v) is 8.51. The third-order valence-corrected chi connectivity index (χ3v) is 1.61. The molecule has 6 heteroatoms. The van der Waals surface area contributed by atoms with Gasteiger partial charge in [-0.1, -0.05) is 6.08 Å². The number of allylic oxidation sites excluding steroid dienone is 1. The molecular formula is C9H11N3O3. The minimum absolute atomic E-state index is 0.00519. The fourth-order valence-corrected chi connectivity index (χ4v) is 1.07. The van der Waals surface area contributed by atoms with Crippen LogP contribution in [0.5, 0.6) is 5.88 Å². The Labute approximate surface area is 86.8 Å². The summed E-state index contributed by atoms with van der Waals surface area (Å²) in [5.41, 5.74) is 0.0541. The van der Waals surface area contributed by atoms with Gasteiger partial charge in [-0.05, 0) is 19.9 Å². The van der Waals surface area contributed by atoms with Gasteiger partial charge in [0.15, 0.2) is 0 Å². The lowest BCUT2D eigenvalue weighted by molar-refractivity contribution is -0.386. The normalized spacial score (nSPS) is 10.5. The molecule has 1 rings (SSSR count). The molecule has 0 atom stereocenters. The Morgan fingerprint density at radius 2 is 2.33 bits per heavy atom. The molecule has 0 N–H and O–H groups in total. The first-order chi connectivity index (χ1) is 7.20. The van der Waals surface area contributed by atoms with Gasteiger partial charge in [0.2, 0.25) is 0 Å². The van der Waals surface area contributed by atoms with Gasteiger partial charge in [0.1, 0.15) is 12.0 Å². The topological polar surface area (TPSA) is 78.2 Å². The Morgan fingerprint density at radius 1 is 1.60 bits per heavy atom. The molecule has 15 heavy (non-hydrogen) atoms. The molecule has 0 aliphatic carbocycles. The van der Waals surface area contributed by atoms with E-state index in [0.717, 1.165) is 0 Å². The summed E-state index contributed by atoms with van der Waals surface area (Å²) in [5.74, 6) is 0.00519. The van der Waals surface area contributed by atoms with Crippen LogP contribution in [0, 0.1) is 10.1 Å². The fraction of sp³-hybridized carbons (Fsp3) is 0.333. The van der Waals surface area contributed by atoms with Gasteiger partial charge in [0.05, 0.1) is 11.5 Å². The molecule has 0 aromatic carbocycles. The highest BCUT2D eigenvalue weighted by Crippen LogP contribution is 2.27. The fourth-order valence-electron chi connectivity index (χ4n) is 1.07. The van der Waals surface area contributed by atoms with Gasteiger partial charge in [0.25, 0.3) is 5.88 Å². The number of ether oxygens (including phenoxy) is 1. The van der Waals surface area contributed by atoms with Gasteiger partial charge in [-0.2, -0.15) is 4.98 Å². The standard InChI is InChI=1S/C9H11N3O3/c1-3-5-7-8(12(13)14)9(15-4-2)11-6-10-7/h3,5-6H,4H2,1-2H3/b5-3+. The maximum absolute atomic E-state index is 10.8. The summed E-state index contributed by atoms with van der Waals surface area (Å²) < 4.78 is 5.06. The molecule has 6 nitrogen and oxygen atoms in total. The number of hydrogen-bond acceptors (Lipinski definition) is 5. The van der Waals surface area contributed by atoms with Crippen LogP contribution >= 0.6 is 0 Å². The van der Waals surface area contributed by atoms with Crippen molar-refractivity contribution in [2.75, 3.05) is 6.61 Å². The third-order valence-electron chi connectivity index (χ3n) is 1.61. The third kappa shape index (κ3) is 2.49. The zero-order valence-electron chi connectivity index (χ0n) is 8.51. The first kappa shape index (κ1) is 11.1. The lowest BCUT2D eigenvalue weighted by Gasteiger charge is -2.03. The number of nitro groups is 1. The van der Waals surface area contributed by atoms with Crippen LogP contribution in [0.25, 0.3) is 6.08 Å². The first-order valence-corrected chi connectivity index (χ1v) is 4.45. The van der Waals surface area contributed by atoms with Crippen molar-refractivity contribution in [1.29, 1.82) is 0 Å². The van der Waals surface area contributed by atoms with Crippen molar-refractivity contribution < 1.29 is 9.66 Å².